The Morgan fingerprint density at radius 2 is 1.65 bits per heavy atom. The van der Waals surface area contributed by atoms with Crippen molar-refractivity contribution in [2.24, 2.45) is 5.41 Å². The third-order valence-electron chi connectivity index (χ3n) is 5.90. The quantitative estimate of drug-likeness (QED) is 0.412. The number of anilines is 2. The number of hydrogen-bond acceptors (Lipinski definition) is 7. The third-order valence-corrected chi connectivity index (χ3v) is 5.90. The van der Waals surface area contributed by atoms with E-state index in [-0.39, 0.29) is 17.0 Å². The van der Waals surface area contributed by atoms with Crippen LogP contribution >= 0.6 is 0 Å². The first-order valence-electron chi connectivity index (χ1n) is 12.6. The Morgan fingerprint density at radius 1 is 1.03 bits per heavy atom. The van der Waals surface area contributed by atoms with Gasteiger partial charge in [0.1, 0.15) is 17.0 Å². The fourth-order valence-corrected chi connectivity index (χ4v) is 4.01. The van der Waals surface area contributed by atoms with E-state index in [1.54, 1.807) is 47.6 Å². The Bertz CT molecular complexity index is 1030. The average molecular weight is 522 g/mol. The predicted octanol–water partition coefficient (Wildman–Crippen LogP) is 4.31. The fraction of sp³-hybridized carbons (Fsp3) is 0.654. The largest absolute Gasteiger partial charge is 0.444 e. The number of ether oxygens (including phenoxy) is 2. The highest BCUT2D eigenvalue weighted by atomic mass is 19.1. The number of benzene rings is 1. The van der Waals surface area contributed by atoms with Gasteiger partial charge in [0.25, 0.3) is 5.91 Å². The zero-order chi connectivity index (χ0) is 27.6. The highest BCUT2D eigenvalue weighted by Crippen LogP contribution is 2.37. The molecule has 0 bridgehead atoms. The lowest BCUT2D eigenvalue weighted by atomic mass is 9.90. The summed E-state index contributed by atoms with van der Waals surface area (Å²) in [5.41, 5.74) is 3.85. The van der Waals surface area contributed by atoms with E-state index in [0.717, 1.165) is 19.3 Å². The van der Waals surface area contributed by atoms with Crippen LogP contribution in [0.1, 0.15) is 78.1 Å². The number of nitrogens with one attached hydrogen (secondary N) is 4. The van der Waals surface area contributed by atoms with Gasteiger partial charge in [-0.15, -0.1) is 0 Å². The van der Waals surface area contributed by atoms with Crippen molar-refractivity contribution < 1.29 is 28.2 Å². The lowest BCUT2D eigenvalue weighted by Crippen LogP contribution is -2.44. The average Bonchev–Trinajstić information content (AvgIpc) is 3.48. The number of hydrazine groups is 1. The second kappa shape index (κ2) is 10.6. The molecule has 206 valence electrons. The van der Waals surface area contributed by atoms with Gasteiger partial charge >= 0.3 is 12.2 Å². The van der Waals surface area contributed by atoms with Gasteiger partial charge in [-0.25, -0.2) is 19.4 Å². The smallest absolute Gasteiger partial charge is 0.426 e. The molecule has 3 rings (SSSR count). The van der Waals surface area contributed by atoms with E-state index >= 15 is 4.39 Å². The summed E-state index contributed by atoms with van der Waals surface area (Å²) in [5.74, 6) is -1.21. The van der Waals surface area contributed by atoms with Crippen LogP contribution in [-0.4, -0.2) is 55.0 Å². The van der Waals surface area contributed by atoms with Crippen LogP contribution in [0.25, 0.3) is 0 Å². The number of nitrogens with zero attached hydrogens (tertiary/aromatic N) is 1. The van der Waals surface area contributed by atoms with Gasteiger partial charge in [-0.2, -0.15) is 0 Å². The molecule has 1 unspecified atom stereocenters. The summed E-state index contributed by atoms with van der Waals surface area (Å²) in [6.45, 7) is 14.1. The van der Waals surface area contributed by atoms with Crippen molar-refractivity contribution >= 4 is 29.5 Å². The van der Waals surface area contributed by atoms with E-state index in [1.807, 2.05) is 11.8 Å². The second-order valence-electron chi connectivity index (χ2n) is 12.2. The lowest BCUT2D eigenvalue weighted by molar-refractivity contribution is 0.0480. The second-order valence-corrected chi connectivity index (χ2v) is 12.2. The third kappa shape index (κ3) is 8.68. The highest BCUT2D eigenvalue weighted by Gasteiger charge is 2.36. The molecule has 1 heterocycles. The molecule has 1 aromatic rings. The van der Waals surface area contributed by atoms with E-state index in [1.165, 1.54) is 6.07 Å². The van der Waals surface area contributed by atoms with E-state index < -0.39 is 35.1 Å². The minimum atomic E-state index is -0.814. The van der Waals surface area contributed by atoms with E-state index in [2.05, 4.69) is 21.5 Å². The summed E-state index contributed by atoms with van der Waals surface area (Å²) in [4.78, 5) is 38.7. The van der Waals surface area contributed by atoms with Crippen molar-refractivity contribution in [2.45, 2.75) is 85.0 Å². The topological polar surface area (TPSA) is 121 Å². The summed E-state index contributed by atoms with van der Waals surface area (Å²) >= 11 is 0. The number of halogens is 1. The van der Waals surface area contributed by atoms with Gasteiger partial charge in [-0.05, 0) is 72.9 Å². The Labute approximate surface area is 218 Å². The number of hydrogen-bond donors (Lipinski definition) is 4. The van der Waals surface area contributed by atoms with Gasteiger partial charge in [0.2, 0.25) is 0 Å². The number of rotatable bonds is 6. The molecule has 1 atom stereocenters. The molecule has 1 aliphatic heterocycles. The van der Waals surface area contributed by atoms with E-state index in [4.69, 9.17) is 9.47 Å². The summed E-state index contributed by atoms with van der Waals surface area (Å²) in [6, 6.07) is 3.04. The molecule has 10 nitrogen and oxygen atoms in total. The number of carbonyl (C=O) groups is 3. The van der Waals surface area contributed by atoms with Crippen LogP contribution in [0.2, 0.25) is 0 Å². The van der Waals surface area contributed by atoms with Gasteiger partial charge in [-0.3, -0.25) is 10.2 Å². The maximum Gasteiger partial charge on any atom is 0.426 e. The van der Waals surface area contributed by atoms with E-state index in [0.29, 0.717) is 31.0 Å². The van der Waals surface area contributed by atoms with Crippen molar-refractivity contribution in [1.29, 1.82) is 0 Å². The molecule has 37 heavy (non-hydrogen) atoms. The van der Waals surface area contributed by atoms with Crippen LogP contribution in [0.4, 0.5) is 25.4 Å². The first-order valence-corrected chi connectivity index (χ1v) is 12.6. The van der Waals surface area contributed by atoms with Gasteiger partial charge in [0.15, 0.2) is 0 Å². The molecule has 1 saturated carbocycles. The van der Waals surface area contributed by atoms with Gasteiger partial charge in [0, 0.05) is 36.8 Å². The van der Waals surface area contributed by atoms with Crippen LogP contribution in [0.15, 0.2) is 12.1 Å². The number of alkyl carbamates (subject to hydrolysis) is 1. The Kier molecular flexibility index (Phi) is 8.14. The molecule has 4 N–H and O–H groups in total. The fourth-order valence-electron chi connectivity index (χ4n) is 4.01. The SMILES string of the molecule is CC1(CNC(=O)OC(C)(C)C)CCN(c2cc(NC3CC3)c(C(=O)NNC(=O)OC(C)(C)C)cc2F)C1. The first kappa shape index (κ1) is 28.3. The standard InChI is InChI=1S/C26H40FN5O5/c1-24(2,3)36-22(34)28-14-26(7)10-11-32(15-26)20-13-19(29-16-8-9-16)17(12-18(20)27)21(33)30-31-23(35)37-25(4,5)6/h12-13,16,29H,8-11,14-15H2,1-7H3,(H,28,34)(H,30,33)(H,31,35). The van der Waals surface area contributed by atoms with Crippen LogP contribution in [0, 0.1) is 11.2 Å². The molecule has 2 aliphatic rings. The number of carbonyl (C=O) groups excluding carboxylic acids is 3. The molecule has 2 fully saturated rings. The minimum absolute atomic E-state index is 0.0813. The molecular formula is C26H40FN5O5. The first-order chi connectivity index (χ1) is 17.0. The van der Waals surface area contributed by atoms with E-state index in [9.17, 15) is 14.4 Å². The summed E-state index contributed by atoms with van der Waals surface area (Å²) in [7, 11) is 0. The van der Waals surface area contributed by atoms with Crippen molar-refractivity contribution in [3.63, 3.8) is 0 Å². The molecule has 11 heteroatoms. The molecule has 1 saturated heterocycles. The Balaban J connectivity index is 1.70. The van der Waals surface area contributed by atoms with Crippen molar-refractivity contribution in [3.8, 4) is 0 Å². The molecule has 1 aliphatic carbocycles. The zero-order valence-electron chi connectivity index (χ0n) is 22.8. The Morgan fingerprint density at radius 3 is 2.24 bits per heavy atom. The molecule has 0 spiro atoms. The van der Waals surface area contributed by atoms with Gasteiger partial charge in [-0.1, -0.05) is 6.92 Å². The zero-order valence-corrected chi connectivity index (χ0v) is 22.8. The summed E-state index contributed by atoms with van der Waals surface area (Å²) in [6.07, 6.45) is 1.37. The molecular weight excluding hydrogens is 481 g/mol. The number of amides is 3. The predicted molar refractivity (Wildman–Crippen MR) is 139 cm³/mol. The maximum absolute atomic E-state index is 15.3. The lowest BCUT2D eigenvalue weighted by Gasteiger charge is -2.27. The van der Waals surface area contributed by atoms with Crippen LogP contribution in [0.3, 0.4) is 0 Å². The molecule has 3 amide bonds. The summed E-state index contributed by atoms with van der Waals surface area (Å²) in [5, 5.41) is 6.12. The van der Waals surface area contributed by atoms with Crippen LogP contribution in [0.5, 0.6) is 0 Å². The van der Waals surface area contributed by atoms with Crippen molar-refractivity contribution in [3.05, 3.63) is 23.5 Å². The van der Waals surface area contributed by atoms with Crippen LogP contribution in [-0.2, 0) is 9.47 Å². The van der Waals surface area contributed by atoms with Gasteiger partial charge < -0.3 is 25.0 Å². The maximum atomic E-state index is 15.3. The van der Waals surface area contributed by atoms with Gasteiger partial charge in [0.05, 0.1) is 11.3 Å². The normalized spacial score (nSPS) is 19.7. The Hall–Kier alpha value is -3.24. The molecule has 1 aromatic carbocycles. The summed E-state index contributed by atoms with van der Waals surface area (Å²) < 4.78 is 25.8. The monoisotopic (exact) mass is 521 g/mol. The van der Waals surface area contributed by atoms with Crippen LogP contribution < -0.4 is 26.4 Å². The molecule has 0 aromatic heterocycles. The van der Waals surface area contributed by atoms with Crippen molar-refractivity contribution in [2.75, 3.05) is 29.9 Å². The highest BCUT2D eigenvalue weighted by molar-refractivity contribution is 6.01. The molecule has 0 radical (unpaired) electrons. The minimum Gasteiger partial charge on any atom is -0.444 e. The van der Waals surface area contributed by atoms with Crippen molar-refractivity contribution in [1.82, 2.24) is 16.2 Å².